The monoisotopic (exact) mass is 354 g/mol. The van der Waals surface area contributed by atoms with Gasteiger partial charge in [0.2, 0.25) is 0 Å². The molecule has 0 heterocycles. The number of allylic oxidation sites excluding steroid dienone is 2. The topological polar surface area (TPSA) is 58.2 Å². The Morgan fingerprint density at radius 1 is 0.920 bits per heavy atom. The fourth-order valence-corrected chi connectivity index (χ4v) is 4.74. The largest absolute Gasteiger partial charge is 0.388 e. The van der Waals surface area contributed by atoms with Crippen LogP contribution < -0.4 is 10.0 Å². The second-order valence-electron chi connectivity index (χ2n) is 7.06. The molecule has 0 amide bonds. The molecule has 2 aliphatic carbocycles. The van der Waals surface area contributed by atoms with Crippen LogP contribution in [-0.4, -0.2) is 15.5 Å². The van der Waals surface area contributed by atoms with Crippen LogP contribution in [0.25, 0.3) is 5.57 Å². The fourth-order valence-electron chi connectivity index (χ4n) is 3.59. The maximum Gasteiger partial charge on any atom is 0.261 e. The minimum absolute atomic E-state index is 0.283. The predicted molar refractivity (Wildman–Crippen MR) is 101 cm³/mol. The fraction of sp³-hybridized carbons (Fsp3) is 0.300. The zero-order valence-corrected chi connectivity index (χ0v) is 15.1. The Kier molecular flexibility index (Phi) is 3.84. The van der Waals surface area contributed by atoms with Crippen molar-refractivity contribution in [3.05, 3.63) is 65.9 Å². The van der Waals surface area contributed by atoms with Gasteiger partial charge in [-0.2, -0.15) is 0 Å². The highest BCUT2D eigenvalue weighted by atomic mass is 32.2. The molecule has 0 atom stereocenters. The molecule has 2 aromatic rings. The first kappa shape index (κ1) is 16.2. The second-order valence-corrected chi connectivity index (χ2v) is 8.74. The summed E-state index contributed by atoms with van der Waals surface area (Å²) < 4.78 is 28.4. The third-order valence-electron chi connectivity index (χ3n) is 5.26. The first-order chi connectivity index (χ1) is 12.0. The molecule has 130 valence electrons. The number of benzene rings is 2. The number of anilines is 1. The molecule has 0 aliphatic heterocycles. The molecular formula is C20H22N2O2S. The van der Waals surface area contributed by atoms with E-state index in [0.717, 1.165) is 35.4 Å². The van der Waals surface area contributed by atoms with E-state index < -0.39 is 10.0 Å². The Morgan fingerprint density at radius 2 is 1.60 bits per heavy atom. The Hall–Kier alpha value is -2.27. The van der Waals surface area contributed by atoms with E-state index in [1.54, 1.807) is 24.3 Å². The molecular weight excluding hydrogens is 332 g/mol. The summed E-state index contributed by atoms with van der Waals surface area (Å²) in [6, 6.07) is 16.8. The van der Waals surface area contributed by atoms with Gasteiger partial charge < -0.3 is 5.32 Å². The van der Waals surface area contributed by atoms with Crippen LogP contribution in [0.15, 0.2) is 65.2 Å². The summed E-state index contributed by atoms with van der Waals surface area (Å²) in [4.78, 5) is 0.309. The zero-order valence-electron chi connectivity index (χ0n) is 14.2. The van der Waals surface area contributed by atoms with Gasteiger partial charge >= 0.3 is 0 Å². The smallest absolute Gasteiger partial charge is 0.261 e. The number of rotatable bonds is 5. The van der Waals surface area contributed by atoms with Crippen molar-refractivity contribution in [2.45, 2.75) is 30.6 Å². The lowest BCUT2D eigenvalue weighted by atomic mass is 9.99. The van der Waals surface area contributed by atoms with Crippen molar-refractivity contribution in [1.29, 1.82) is 0 Å². The summed E-state index contributed by atoms with van der Waals surface area (Å²) in [6.45, 7) is 0. The van der Waals surface area contributed by atoms with Crippen molar-refractivity contribution >= 4 is 21.3 Å². The number of hydrogen-bond donors (Lipinski definition) is 2. The van der Waals surface area contributed by atoms with E-state index in [2.05, 4.69) is 22.2 Å². The normalized spacial score (nSPS) is 18.4. The second kappa shape index (κ2) is 5.92. The van der Waals surface area contributed by atoms with Gasteiger partial charge in [0.1, 0.15) is 0 Å². The molecule has 2 N–H and O–H groups in total. The quantitative estimate of drug-likeness (QED) is 0.853. The Bertz CT molecular complexity index is 912. The van der Waals surface area contributed by atoms with Gasteiger partial charge in [-0.3, -0.25) is 4.72 Å². The van der Waals surface area contributed by atoms with E-state index >= 15 is 0 Å². The zero-order chi connectivity index (χ0) is 17.5. The molecule has 2 aromatic carbocycles. The van der Waals surface area contributed by atoms with Gasteiger partial charge in [0.15, 0.2) is 0 Å². The highest BCUT2D eigenvalue weighted by molar-refractivity contribution is 7.89. The summed E-state index contributed by atoms with van der Waals surface area (Å²) in [5.41, 5.74) is 4.44. The van der Waals surface area contributed by atoms with E-state index in [4.69, 9.17) is 0 Å². The molecule has 0 aromatic heterocycles. The molecule has 4 rings (SSSR count). The van der Waals surface area contributed by atoms with Gasteiger partial charge in [0, 0.05) is 18.4 Å². The van der Waals surface area contributed by atoms with Crippen molar-refractivity contribution in [2.75, 3.05) is 12.4 Å². The van der Waals surface area contributed by atoms with Crippen molar-refractivity contribution in [2.24, 2.45) is 5.41 Å². The third-order valence-corrected chi connectivity index (χ3v) is 6.67. The molecule has 1 saturated carbocycles. The van der Waals surface area contributed by atoms with Crippen LogP contribution in [0.2, 0.25) is 0 Å². The maximum atomic E-state index is 12.7. The lowest BCUT2D eigenvalue weighted by Gasteiger charge is -2.12. The van der Waals surface area contributed by atoms with Crippen molar-refractivity contribution in [3.63, 3.8) is 0 Å². The lowest BCUT2D eigenvalue weighted by Crippen LogP contribution is -2.23. The standard InChI is InChI=1S/C20H22N2O2S/c1-21-16-9-7-15(8-10-16)18-13-20(11-12-20)14-19(18)22-25(23,24)17-5-3-2-4-6-17/h2-10,21-22H,11-14H2,1H3. The number of nitrogens with one attached hydrogen (secondary N) is 2. The van der Waals surface area contributed by atoms with Gasteiger partial charge in [0.25, 0.3) is 10.0 Å². The molecule has 0 radical (unpaired) electrons. The van der Waals surface area contributed by atoms with Crippen LogP contribution in [0.4, 0.5) is 5.69 Å². The van der Waals surface area contributed by atoms with Crippen LogP contribution in [0.5, 0.6) is 0 Å². The maximum absolute atomic E-state index is 12.7. The first-order valence-electron chi connectivity index (χ1n) is 8.59. The molecule has 2 aliphatic rings. The van der Waals surface area contributed by atoms with E-state index in [9.17, 15) is 8.42 Å². The van der Waals surface area contributed by atoms with Crippen molar-refractivity contribution in [3.8, 4) is 0 Å². The average molecular weight is 354 g/mol. The molecule has 0 saturated heterocycles. The predicted octanol–water partition coefficient (Wildman–Crippen LogP) is 3.99. The minimum Gasteiger partial charge on any atom is -0.388 e. The summed E-state index contributed by atoms with van der Waals surface area (Å²) in [7, 11) is -1.65. The van der Waals surface area contributed by atoms with Gasteiger partial charge in [-0.05, 0) is 66.5 Å². The molecule has 25 heavy (non-hydrogen) atoms. The van der Waals surface area contributed by atoms with E-state index in [0.29, 0.717) is 4.90 Å². The van der Waals surface area contributed by atoms with E-state index in [-0.39, 0.29) is 5.41 Å². The van der Waals surface area contributed by atoms with Gasteiger partial charge in [0.05, 0.1) is 4.90 Å². The van der Waals surface area contributed by atoms with Crippen molar-refractivity contribution in [1.82, 2.24) is 4.72 Å². The molecule has 5 heteroatoms. The molecule has 4 nitrogen and oxygen atoms in total. The highest BCUT2D eigenvalue weighted by Gasteiger charge is 2.48. The van der Waals surface area contributed by atoms with Crippen LogP contribution in [-0.2, 0) is 10.0 Å². The third kappa shape index (κ3) is 3.16. The Labute approximate surface area is 149 Å². The molecule has 0 unspecified atom stereocenters. The van der Waals surface area contributed by atoms with Crippen LogP contribution in [0.1, 0.15) is 31.2 Å². The summed E-state index contributed by atoms with van der Waals surface area (Å²) in [5.74, 6) is 0. The Morgan fingerprint density at radius 3 is 2.20 bits per heavy atom. The Balaban J connectivity index is 1.68. The number of sulfonamides is 1. The van der Waals surface area contributed by atoms with E-state index in [1.807, 2.05) is 25.2 Å². The van der Waals surface area contributed by atoms with Gasteiger partial charge in [-0.15, -0.1) is 0 Å². The van der Waals surface area contributed by atoms with Crippen molar-refractivity contribution < 1.29 is 8.42 Å². The first-order valence-corrected chi connectivity index (χ1v) is 10.1. The van der Waals surface area contributed by atoms with Crippen LogP contribution in [0.3, 0.4) is 0 Å². The highest BCUT2D eigenvalue weighted by Crippen LogP contribution is 2.61. The van der Waals surface area contributed by atoms with Gasteiger partial charge in [-0.25, -0.2) is 8.42 Å². The molecule has 1 spiro atoms. The molecule has 1 fully saturated rings. The van der Waals surface area contributed by atoms with Crippen LogP contribution >= 0.6 is 0 Å². The number of hydrogen-bond acceptors (Lipinski definition) is 3. The summed E-state index contributed by atoms with van der Waals surface area (Å²) >= 11 is 0. The molecule has 0 bridgehead atoms. The lowest BCUT2D eigenvalue weighted by molar-refractivity contribution is 0.543. The average Bonchev–Trinajstić information content (AvgIpc) is 3.29. The van der Waals surface area contributed by atoms with Crippen LogP contribution in [0, 0.1) is 5.41 Å². The summed E-state index contributed by atoms with van der Waals surface area (Å²) in [6.07, 6.45) is 4.14. The SMILES string of the molecule is CNc1ccc(C2=C(NS(=O)(=O)c3ccccc3)CC3(CC3)C2)cc1. The van der Waals surface area contributed by atoms with Gasteiger partial charge in [-0.1, -0.05) is 30.3 Å². The minimum atomic E-state index is -3.54. The summed E-state index contributed by atoms with van der Waals surface area (Å²) in [5, 5.41) is 3.12. The van der Waals surface area contributed by atoms with E-state index in [1.165, 1.54) is 12.8 Å².